The fourth-order valence-electron chi connectivity index (χ4n) is 2.20. The lowest BCUT2D eigenvalue weighted by atomic mass is 10.2. The van der Waals surface area contributed by atoms with Gasteiger partial charge in [-0.15, -0.1) is 0 Å². The van der Waals surface area contributed by atoms with Crippen LogP contribution in [-0.2, 0) is 38.4 Å². The van der Waals surface area contributed by atoms with Gasteiger partial charge in [-0.2, -0.15) is 0 Å². The largest absolute Gasteiger partial charge is 0.466 e. The second-order valence-corrected chi connectivity index (χ2v) is 6.63. The Morgan fingerprint density at radius 1 is 0.467 bits per heavy atom. The predicted molar refractivity (Wildman–Crippen MR) is 104 cm³/mol. The van der Waals surface area contributed by atoms with E-state index in [0.717, 1.165) is 0 Å². The van der Waals surface area contributed by atoms with Crippen LogP contribution in [0.4, 0.5) is 0 Å². The Kier molecular flexibility index (Phi) is 18.6. The first-order chi connectivity index (χ1) is 14.5. The molecule has 0 unspecified atom stereocenters. The molecule has 0 aliphatic heterocycles. The van der Waals surface area contributed by atoms with Gasteiger partial charge in [0, 0.05) is 26.1 Å². The molecule has 0 aromatic rings. The number of aliphatic hydroxyl groups is 2. The number of hydrogen-bond donors (Lipinski definition) is 2. The number of unbranched alkanes of at least 4 members (excludes halogenated alkanes) is 4. The fraction of sp³-hybridized carbons (Fsp3) is 0.800. The van der Waals surface area contributed by atoms with Gasteiger partial charge in [-0.25, -0.2) is 19.4 Å². The molecule has 0 aromatic carbocycles. The molecule has 0 rings (SSSR count). The van der Waals surface area contributed by atoms with Crippen molar-refractivity contribution in [2.24, 2.45) is 0 Å². The van der Waals surface area contributed by atoms with E-state index in [9.17, 15) is 19.2 Å². The van der Waals surface area contributed by atoms with Gasteiger partial charge in [-0.3, -0.25) is 9.59 Å². The zero-order chi connectivity index (χ0) is 22.5. The van der Waals surface area contributed by atoms with Gasteiger partial charge in [0.05, 0.1) is 26.1 Å². The molecule has 0 saturated carbocycles. The van der Waals surface area contributed by atoms with Crippen molar-refractivity contribution in [3.05, 3.63) is 0 Å². The molecule has 2 N–H and O–H groups in total. The van der Waals surface area contributed by atoms with Crippen LogP contribution in [0.3, 0.4) is 0 Å². The van der Waals surface area contributed by atoms with Crippen molar-refractivity contribution in [3.8, 4) is 0 Å². The molecule has 10 nitrogen and oxygen atoms in total. The zero-order valence-corrected chi connectivity index (χ0v) is 17.5. The maximum absolute atomic E-state index is 11.5. The number of carbonyl (C=O) groups excluding carboxylic acids is 4. The van der Waals surface area contributed by atoms with E-state index in [0.29, 0.717) is 51.4 Å². The van der Waals surface area contributed by atoms with Crippen LogP contribution in [0.2, 0.25) is 0 Å². The molecule has 0 fully saturated rings. The molecule has 10 heteroatoms. The van der Waals surface area contributed by atoms with Gasteiger partial charge >= 0.3 is 23.9 Å². The average molecular weight is 434 g/mol. The van der Waals surface area contributed by atoms with Gasteiger partial charge < -0.3 is 19.7 Å². The summed E-state index contributed by atoms with van der Waals surface area (Å²) in [6.45, 7) is 0.656. The lowest BCUT2D eigenvalue weighted by Crippen LogP contribution is -2.12. The van der Waals surface area contributed by atoms with Gasteiger partial charge in [-0.1, -0.05) is 0 Å². The van der Waals surface area contributed by atoms with E-state index in [2.05, 4.69) is 9.78 Å². The van der Waals surface area contributed by atoms with E-state index >= 15 is 0 Å². The lowest BCUT2D eigenvalue weighted by Gasteiger charge is -2.05. The molecule has 0 saturated heterocycles. The van der Waals surface area contributed by atoms with Crippen LogP contribution in [-0.4, -0.2) is 60.5 Å². The van der Waals surface area contributed by atoms with Crippen molar-refractivity contribution in [2.45, 2.75) is 77.0 Å². The first-order valence-corrected chi connectivity index (χ1v) is 10.4. The van der Waals surface area contributed by atoms with E-state index in [1.54, 1.807) is 0 Å². The number of rotatable bonds is 18. The van der Waals surface area contributed by atoms with Gasteiger partial charge in [0.2, 0.25) is 0 Å². The second kappa shape index (κ2) is 20.1. The van der Waals surface area contributed by atoms with Crippen molar-refractivity contribution < 1.29 is 48.6 Å². The Balaban J connectivity index is 3.56. The third-order valence-corrected chi connectivity index (χ3v) is 3.88. The highest BCUT2D eigenvalue weighted by molar-refractivity contribution is 5.73. The van der Waals surface area contributed by atoms with Crippen molar-refractivity contribution in [3.63, 3.8) is 0 Å². The Morgan fingerprint density at radius 3 is 1.13 bits per heavy atom. The highest BCUT2D eigenvalue weighted by Crippen LogP contribution is 2.06. The van der Waals surface area contributed by atoms with Crippen LogP contribution in [0, 0.1) is 0 Å². The molecule has 0 radical (unpaired) electrons. The molecule has 0 bridgehead atoms. The molecular formula is C20H34O10. The molecular weight excluding hydrogens is 400 g/mol. The lowest BCUT2D eigenvalue weighted by molar-refractivity contribution is -0.259. The number of esters is 2. The summed E-state index contributed by atoms with van der Waals surface area (Å²) in [5.41, 5.74) is 0. The van der Waals surface area contributed by atoms with Crippen LogP contribution in [0.25, 0.3) is 0 Å². The van der Waals surface area contributed by atoms with Crippen molar-refractivity contribution >= 4 is 23.9 Å². The smallest absolute Gasteiger partial charge is 0.355 e. The summed E-state index contributed by atoms with van der Waals surface area (Å²) in [5, 5.41) is 17.2. The number of carbonyl (C=O) groups is 4. The highest BCUT2D eigenvalue weighted by Gasteiger charge is 2.11. The highest BCUT2D eigenvalue weighted by atomic mass is 17.2. The molecule has 0 spiro atoms. The molecule has 0 atom stereocenters. The standard InChI is InChI=1S/C20H34O10/c21-13-5-7-15-27-17(23)9-1-3-11-19(25)29-30-20(26)12-4-2-10-18(24)28-16-8-6-14-22/h21-22H,1-16H2. The third kappa shape index (κ3) is 19.1. The molecule has 174 valence electrons. The zero-order valence-electron chi connectivity index (χ0n) is 17.5. The predicted octanol–water partition coefficient (Wildman–Crippen LogP) is 1.74. The minimum Gasteiger partial charge on any atom is -0.466 e. The van der Waals surface area contributed by atoms with Gasteiger partial charge in [0.25, 0.3) is 0 Å². The Bertz CT molecular complexity index is 448. The van der Waals surface area contributed by atoms with Gasteiger partial charge in [0.1, 0.15) is 0 Å². The average Bonchev–Trinajstić information content (AvgIpc) is 2.73. The Labute approximate surface area is 176 Å². The minimum absolute atomic E-state index is 0.00714. The maximum atomic E-state index is 11.5. The van der Waals surface area contributed by atoms with Crippen molar-refractivity contribution in [1.29, 1.82) is 0 Å². The van der Waals surface area contributed by atoms with E-state index < -0.39 is 11.9 Å². The molecule has 0 aliphatic rings. The monoisotopic (exact) mass is 434 g/mol. The SMILES string of the molecule is O=C(CCCCC(=O)OOC(=O)CCCCC(=O)OCCCCO)OCCCCO. The van der Waals surface area contributed by atoms with Crippen LogP contribution < -0.4 is 0 Å². The summed E-state index contributed by atoms with van der Waals surface area (Å²) in [6, 6.07) is 0. The summed E-state index contributed by atoms with van der Waals surface area (Å²) < 4.78 is 9.89. The molecule has 0 aliphatic carbocycles. The summed E-state index contributed by atoms with van der Waals surface area (Å²) in [6.07, 6.45) is 4.41. The molecule has 0 amide bonds. The maximum Gasteiger partial charge on any atom is 0.355 e. The second-order valence-electron chi connectivity index (χ2n) is 6.63. The van der Waals surface area contributed by atoms with Gasteiger partial charge in [-0.05, 0) is 51.4 Å². The number of ether oxygens (including phenoxy) is 2. The Hall–Kier alpha value is -2.20. The quantitative estimate of drug-likeness (QED) is 0.141. The first-order valence-electron chi connectivity index (χ1n) is 10.4. The van der Waals surface area contributed by atoms with E-state index in [4.69, 9.17) is 19.7 Å². The first kappa shape index (κ1) is 27.8. The molecule has 0 aromatic heterocycles. The summed E-state index contributed by atoms with van der Waals surface area (Å²) in [4.78, 5) is 54.6. The van der Waals surface area contributed by atoms with E-state index in [1.165, 1.54) is 0 Å². The minimum atomic E-state index is -0.703. The molecule has 30 heavy (non-hydrogen) atoms. The van der Waals surface area contributed by atoms with Crippen LogP contribution in [0.5, 0.6) is 0 Å². The summed E-state index contributed by atoms with van der Waals surface area (Å²) >= 11 is 0. The van der Waals surface area contributed by atoms with Crippen molar-refractivity contribution in [1.82, 2.24) is 0 Å². The summed E-state index contributed by atoms with van der Waals surface area (Å²) in [7, 11) is 0. The van der Waals surface area contributed by atoms with Crippen LogP contribution in [0.1, 0.15) is 77.0 Å². The van der Waals surface area contributed by atoms with E-state index in [-0.39, 0.29) is 64.0 Å². The fourth-order valence-corrected chi connectivity index (χ4v) is 2.20. The van der Waals surface area contributed by atoms with Crippen LogP contribution in [0.15, 0.2) is 0 Å². The normalized spacial score (nSPS) is 10.3. The number of aliphatic hydroxyl groups excluding tert-OH is 2. The van der Waals surface area contributed by atoms with Crippen molar-refractivity contribution in [2.75, 3.05) is 26.4 Å². The topological polar surface area (TPSA) is 146 Å². The summed E-state index contributed by atoms with van der Waals surface area (Å²) in [5.74, 6) is -2.12. The van der Waals surface area contributed by atoms with E-state index in [1.807, 2.05) is 0 Å². The van der Waals surface area contributed by atoms with Gasteiger partial charge in [0.15, 0.2) is 0 Å². The molecule has 0 heterocycles. The Morgan fingerprint density at radius 2 is 0.800 bits per heavy atom. The number of hydrogen-bond acceptors (Lipinski definition) is 10. The van der Waals surface area contributed by atoms with Crippen LogP contribution >= 0.6 is 0 Å². The third-order valence-electron chi connectivity index (χ3n) is 3.88.